The molecule has 14 aromatic rings. The van der Waals surface area contributed by atoms with Gasteiger partial charge in [-0.1, -0.05) is 267 Å². The van der Waals surface area contributed by atoms with Crippen LogP contribution in [-0.4, -0.2) is 0 Å². The second-order valence-corrected chi connectivity index (χ2v) is 21.1. The molecule has 0 aromatic heterocycles. The standard InChI is InChI=1S/C80H58N4/c81-79-76(70-48-24-23-47-68(70)67-51-25-35-55-33-19-21-45-63(55)67)75(69-52-26-36-56-34-20-22-46-64(56)69)77(73-65(57-29-7-1-8-30-57)49-27-53-71(73)83(59-37-11-3-12-38-59)60-39-13-4-14-40-60)78(80(79)82)74-66(58-31-9-2-10-32-58)50-28-54-72(74)84(61-41-15-5-16-42-61)62-43-17-6-18-44-62/h1-54H,81-82H2. The molecular formula is C80H58N4. The highest BCUT2D eigenvalue weighted by Gasteiger charge is 2.35. The van der Waals surface area contributed by atoms with Crippen LogP contribution in [0, 0.1) is 0 Å². The molecule has 0 spiro atoms. The summed E-state index contributed by atoms with van der Waals surface area (Å²) in [5.41, 5.74) is 37.1. The summed E-state index contributed by atoms with van der Waals surface area (Å²) in [7, 11) is 0. The monoisotopic (exact) mass is 1070 g/mol. The topological polar surface area (TPSA) is 58.5 Å². The summed E-state index contributed by atoms with van der Waals surface area (Å²) in [4.78, 5) is 4.77. The highest BCUT2D eigenvalue weighted by molar-refractivity contribution is 6.22. The fraction of sp³-hybridized carbons (Fsp3) is 0. The Morgan fingerprint density at radius 1 is 0.190 bits per heavy atom. The average Bonchev–Trinajstić information content (AvgIpc) is 0.915. The molecule has 0 heterocycles. The van der Waals surface area contributed by atoms with Crippen molar-refractivity contribution in [3.63, 3.8) is 0 Å². The normalized spacial score (nSPS) is 11.2. The van der Waals surface area contributed by atoms with E-state index in [1.165, 1.54) is 0 Å². The van der Waals surface area contributed by atoms with Gasteiger partial charge in [-0.3, -0.25) is 0 Å². The smallest absolute Gasteiger partial charge is 0.0641 e. The van der Waals surface area contributed by atoms with Crippen molar-refractivity contribution < 1.29 is 0 Å². The van der Waals surface area contributed by atoms with Crippen LogP contribution in [0.25, 0.3) is 99.4 Å². The van der Waals surface area contributed by atoms with Gasteiger partial charge in [-0.2, -0.15) is 0 Å². The summed E-state index contributed by atoms with van der Waals surface area (Å²) in [6.45, 7) is 0. The molecule has 0 amide bonds. The van der Waals surface area contributed by atoms with Gasteiger partial charge in [0.05, 0.1) is 22.7 Å². The van der Waals surface area contributed by atoms with Gasteiger partial charge in [0.2, 0.25) is 0 Å². The second-order valence-electron chi connectivity index (χ2n) is 21.1. The number of nitrogens with zero attached hydrogens (tertiary/aromatic N) is 2. The zero-order valence-electron chi connectivity index (χ0n) is 46.2. The van der Waals surface area contributed by atoms with Crippen LogP contribution in [0.4, 0.5) is 45.5 Å². The van der Waals surface area contributed by atoms with E-state index in [2.05, 4.69) is 337 Å². The zero-order valence-corrected chi connectivity index (χ0v) is 46.2. The minimum Gasteiger partial charge on any atom is -0.397 e. The van der Waals surface area contributed by atoms with Crippen molar-refractivity contribution in [2.24, 2.45) is 0 Å². The van der Waals surface area contributed by atoms with E-state index in [0.717, 1.165) is 134 Å². The van der Waals surface area contributed by atoms with Crippen molar-refractivity contribution in [2.75, 3.05) is 21.3 Å². The van der Waals surface area contributed by atoms with E-state index in [-0.39, 0.29) is 0 Å². The van der Waals surface area contributed by atoms with Gasteiger partial charge in [0.15, 0.2) is 0 Å². The van der Waals surface area contributed by atoms with E-state index < -0.39 is 0 Å². The molecule has 0 aliphatic rings. The van der Waals surface area contributed by atoms with Crippen molar-refractivity contribution in [1.82, 2.24) is 0 Å². The quantitative estimate of drug-likeness (QED) is 0.113. The summed E-state index contributed by atoms with van der Waals surface area (Å²) in [6.07, 6.45) is 0. The molecule has 0 bridgehead atoms. The molecule has 0 fully saturated rings. The molecule has 0 aliphatic heterocycles. The lowest BCUT2D eigenvalue weighted by Gasteiger charge is -2.34. The minimum absolute atomic E-state index is 0.460. The van der Waals surface area contributed by atoms with E-state index in [4.69, 9.17) is 11.5 Å². The first-order valence-electron chi connectivity index (χ1n) is 28.6. The SMILES string of the molecule is Nc1c(N)c(-c2c(-c3ccccc3)cccc2N(c2ccccc2)c2ccccc2)c(-c2c(-c3ccccc3)cccc2N(c2ccccc2)c2ccccc2)c(-c2cccc3ccccc23)c1-c1ccccc1-c1cccc2ccccc12. The van der Waals surface area contributed by atoms with Gasteiger partial charge in [0.25, 0.3) is 0 Å². The minimum atomic E-state index is 0.460. The largest absolute Gasteiger partial charge is 0.397 e. The lowest BCUT2D eigenvalue weighted by atomic mass is 9.75. The molecule has 0 saturated carbocycles. The molecular weight excluding hydrogens is 1020 g/mol. The summed E-state index contributed by atoms with van der Waals surface area (Å²) < 4.78 is 0. The third-order valence-corrected chi connectivity index (χ3v) is 16.2. The van der Waals surface area contributed by atoms with Gasteiger partial charge < -0.3 is 21.3 Å². The van der Waals surface area contributed by atoms with Crippen LogP contribution < -0.4 is 21.3 Å². The van der Waals surface area contributed by atoms with Crippen LogP contribution in [0.15, 0.2) is 328 Å². The van der Waals surface area contributed by atoms with Crippen LogP contribution in [0.2, 0.25) is 0 Å². The molecule has 4 heteroatoms. The Hall–Kier alpha value is -11.2. The molecule has 0 radical (unpaired) electrons. The Bertz CT molecular complexity index is 4570. The predicted molar refractivity (Wildman–Crippen MR) is 358 cm³/mol. The van der Waals surface area contributed by atoms with Crippen LogP contribution in [0.3, 0.4) is 0 Å². The van der Waals surface area contributed by atoms with Gasteiger partial charge in [0, 0.05) is 56.1 Å². The molecule has 14 aromatic carbocycles. The number of anilines is 8. The van der Waals surface area contributed by atoms with E-state index in [9.17, 15) is 0 Å². The van der Waals surface area contributed by atoms with E-state index in [1.807, 2.05) is 0 Å². The average molecular weight is 1080 g/mol. The molecule has 4 N–H and O–H groups in total. The maximum Gasteiger partial charge on any atom is 0.0641 e. The van der Waals surface area contributed by atoms with Gasteiger partial charge in [-0.15, -0.1) is 0 Å². The number of nitrogen functional groups attached to an aromatic ring is 2. The molecule has 14 rings (SSSR count). The van der Waals surface area contributed by atoms with Gasteiger partial charge in [-0.05, 0) is 127 Å². The summed E-state index contributed by atoms with van der Waals surface area (Å²) in [6, 6.07) is 117. The predicted octanol–water partition coefficient (Wildman–Crippen LogP) is 21.8. The van der Waals surface area contributed by atoms with Crippen molar-refractivity contribution in [3.05, 3.63) is 328 Å². The highest BCUT2D eigenvalue weighted by Crippen LogP contribution is 2.61. The van der Waals surface area contributed by atoms with Gasteiger partial charge in [0.1, 0.15) is 0 Å². The van der Waals surface area contributed by atoms with Crippen molar-refractivity contribution in [2.45, 2.75) is 0 Å². The number of fused-ring (bicyclic) bond motifs is 2. The highest BCUT2D eigenvalue weighted by atomic mass is 15.2. The first-order chi connectivity index (χ1) is 41.6. The summed E-state index contributed by atoms with van der Waals surface area (Å²) in [5.74, 6) is 0. The molecule has 4 nitrogen and oxygen atoms in total. The van der Waals surface area contributed by atoms with Crippen LogP contribution in [0.1, 0.15) is 0 Å². The number of hydrogen-bond acceptors (Lipinski definition) is 4. The third kappa shape index (κ3) is 9.18. The Balaban J connectivity index is 1.27. The second kappa shape index (κ2) is 22.4. The van der Waals surface area contributed by atoms with Crippen LogP contribution in [-0.2, 0) is 0 Å². The maximum absolute atomic E-state index is 8.40. The van der Waals surface area contributed by atoms with Crippen molar-refractivity contribution in [1.29, 1.82) is 0 Å². The fourth-order valence-electron chi connectivity index (χ4n) is 12.5. The molecule has 0 atom stereocenters. The Morgan fingerprint density at radius 2 is 0.500 bits per heavy atom. The number of rotatable bonds is 13. The van der Waals surface area contributed by atoms with Crippen LogP contribution >= 0.6 is 0 Å². The first-order valence-corrected chi connectivity index (χ1v) is 28.6. The number of para-hydroxylation sites is 4. The van der Waals surface area contributed by atoms with Crippen LogP contribution in [0.5, 0.6) is 0 Å². The lowest BCUT2D eigenvalue weighted by molar-refractivity contribution is 1.28. The first kappa shape index (κ1) is 51.0. The Kier molecular flexibility index (Phi) is 13.6. The Labute approximate surface area is 491 Å². The third-order valence-electron chi connectivity index (χ3n) is 16.2. The lowest BCUT2D eigenvalue weighted by Crippen LogP contribution is -2.15. The Morgan fingerprint density at radius 3 is 0.964 bits per heavy atom. The van der Waals surface area contributed by atoms with Crippen molar-refractivity contribution in [3.8, 4) is 77.9 Å². The van der Waals surface area contributed by atoms with Crippen molar-refractivity contribution >= 4 is 67.0 Å². The maximum atomic E-state index is 8.40. The molecule has 398 valence electrons. The zero-order chi connectivity index (χ0) is 56.3. The number of benzene rings is 14. The van der Waals surface area contributed by atoms with E-state index in [0.29, 0.717) is 11.4 Å². The molecule has 0 saturated heterocycles. The van der Waals surface area contributed by atoms with Gasteiger partial charge >= 0.3 is 0 Å². The molecule has 0 aliphatic carbocycles. The summed E-state index contributed by atoms with van der Waals surface area (Å²) >= 11 is 0. The van der Waals surface area contributed by atoms with Gasteiger partial charge in [-0.25, -0.2) is 0 Å². The van der Waals surface area contributed by atoms with E-state index >= 15 is 0 Å². The van der Waals surface area contributed by atoms with E-state index in [1.54, 1.807) is 0 Å². The number of nitrogens with two attached hydrogens (primary N) is 2. The molecule has 84 heavy (non-hydrogen) atoms. The molecule has 0 unspecified atom stereocenters. The summed E-state index contributed by atoms with van der Waals surface area (Å²) in [5, 5.41) is 4.47. The fourth-order valence-corrected chi connectivity index (χ4v) is 12.5. The number of hydrogen-bond donors (Lipinski definition) is 2.